The second-order valence-electron chi connectivity index (χ2n) is 3.66. The van der Waals surface area contributed by atoms with Crippen LogP contribution < -0.4 is 10.1 Å². The van der Waals surface area contributed by atoms with Crippen LogP contribution >= 0.6 is 0 Å². The number of carbonyl (C=O) groups is 3. The number of hydrogen-bond donors (Lipinski definition) is 3. The largest absolute Gasteiger partial charge is 0.497 e. The Morgan fingerprint density at radius 3 is 2.42 bits per heavy atom. The lowest BCUT2D eigenvalue weighted by atomic mass is 10.1. The highest BCUT2D eigenvalue weighted by atomic mass is 16.5. The molecule has 0 saturated carbocycles. The van der Waals surface area contributed by atoms with Crippen molar-refractivity contribution in [2.75, 3.05) is 12.4 Å². The summed E-state index contributed by atoms with van der Waals surface area (Å²) in [5.41, 5.74) is -0.0216. The molecule has 7 heteroatoms. The third-order valence-corrected chi connectivity index (χ3v) is 2.30. The molecule has 7 nitrogen and oxygen atoms in total. The summed E-state index contributed by atoms with van der Waals surface area (Å²) in [4.78, 5) is 32.8. The highest BCUT2D eigenvalue weighted by Crippen LogP contribution is 2.22. The van der Waals surface area contributed by atoms with Crippen LogP contribution in [0.1, 0.15) is 23.2 Å². The number of aromatic carboxylic acids is 1. The Morgan fingerprint density at radius 1 is 1.21 bits per heavy atom. The van der Waals surface area contributed by atoms with Crippen LogP contribution in [0.5, 0.6) is 5.75 Å². The van der Waals surface area contributed by atoms with E-state index in [1.165, 1.54) is 25.3 Å². The molecule has 0 aliphatic rings. The molecular weight excluding hydrogens is 254 g/mol. The second kappa shape index (κ2) is 6.39. The summed E-state index contributed by atoms with van der Waals surface area (Å²) < 4.78 is 4.89. The molecule has 0 radical (unpaired) electrons. The predicted molar refractivity (Wildman–Crippen MR) is 65.5 cm³/mol. The molecular formula is C12H13NO6. The van der Waals surface area contributed by atoms with E-state index in [-0.39, 0.29) is 24.1 Å². The van der Waals surface area contributed by atoms with E-state index >= 15 is 0 Å². The van der Waals surface area contributed by atoms with Crippen LogP contribution in [-0.4, -0.2) is 35.2 Å². The Balaban J connectivity index is 2.85. The fourth-order valence-corrected chi connectivity index (χ4v) is 1.37. The van der Waals surface area contributed by atoms with Crippen LogP contribution in [0.2, 0.25) is 0 Å². The van der Waals surface area contributed by atoms with Crippen molar-refractivity contribution in [3.63, 3.8) is 0 Å². The molecule has 3 N–H and O–H groups in total. The van der Waals surface area contributed by atoms with Gasteiger partial charge in [-0.25, -0.2) is 4.79 Å². The first-order valence-corrected chi connectivity index (χ1v) is 5.37. The van der Waals surface area contributed by atoms with Crippen LogP contribution in [0.25, 0.3) is 0 Å². The Hall–Kier alpha value is -2.57. The number of aliphatic carboxylic acids is 1. The number of nitrogens with one attached hydrogen (secondary N) is 1. The van der Waals surface area contributed by atoms with Crippen LogP contribution in [-0.2, 0) is 9.59 Å². The molecule has 0 aromatic heterocycles. The fourth-order valence-electron chi connectivity index (χ4n) is 1.37. The van der Waals surface area contributed by atoms with Crippen molar-refractivity contribution in [3.05, 3.63) is 23.8 Å². The molecule has 1 rings (SSSR count). The number of methoxy groups -OCH3 is 1. The van der Waals surface area contributed by atoms with E-state index in [1.54, 1.807) is 0 Å². The molecule has 1 aromatic carbocycles. The summed E-state index contributed by atoms with van der Waals surface area (Å²) in [5.74, 6) is -2.52. The summed E-state index contributed by atoms with van der Waals surface area (Å²) in [5, 5.41) is 19.8. The van der Waals surface area contributed by atoms with Gasteiger partial charge in [-0.3, -0.25) is 9.59 Å². The maximum atomic E-state index is 11.4. The van der Waals surface area contributed by atoms with Gasteiger partial charge in [0, 0.05) is 6.42 Å². The molecule has 1 aromatic rings. The molecule has 0 unspecified atom stereocenters. The SMILES string of the molecule is COc1ccc(NC(=O)CCC(=O)O)c(C(=O)O)c1. The first-order valence-electron chi connectivity index (χ1n) is 5.37. The molecule has 1 amide bonds. The van der Waals surface area contributed by atoms with Gasteiger partial charge in [0.05, 0.1) is 24.8 Å². The maximum absolute atomic E-state index is 11.4. The minimum absolute atomic E-state index is 0.101. The number of rotatable bonds is 6. The van der Waals surface area contributed by atoms with E-state index in [9.17, 15) is 14.4 Å². The smallest absolute Gasteiger partial charge is 0.337 e. The van der Waals surface area contributed by atoms with E-state index in [4.69, 9.17) is 14.9 Å². The van der Waals surface area contributed by atoms with E-state index in [0.29, 0.717) is 5.75 Å². The number of ether oxygens (including phenoxy) is 1. The molecule has 19 heavy (non-hydrogen) atoms. The number of hydrogen-bond acceptors (Lipinski definition) is 4. The van der Waals surface area contributed by atoms with Gasteiger partial charge in [-0.15, -0.1) is 0 Å². The highest BCUT2D eigenvalue weighted by molar-refractivity contribution is 6.01. The third-order valence-electron chi connectivity index (χ3n) is 2.30. The molecule has 102 valence electrons. The van der Waals surface area contributed by atoms with Crippen LogP contribution in [0, 0.1) is 0 Å². The molecule has 0 atom stereocenters. The monoisotopic (exact) mass is 267 g/mol. The fraction of sp³-hybridized carbons (Fsp3) is 0.250. The lowest BCUT2D eigenvalue weighted by Crippen LogP contribution is -2.15. The maximum Gasteiger partial charge on any atom is 0.337 e. The van der Waals surface area contributed by atoms with Gasteiger partial charge in [-0.2, -0.15) is 0 Å². The quantitative estimate of drug-likeness (QED) is 0.713. The van der Waals surface area contributed by atoms with Crippen molar-refractivity contribution in [2.45, 2.75) is 12.8 Å². The Morgan fingerprint density at radius 2 is 1.89 bits per heavy atom. The van der Waals surface area contributed by atoms with Gasteiger partial charge in [0.25, 0.3) is 0 Å². The third kappa shape index (κ3) is 4.30. The molecule has 0 aliphatic carbocycles. The standard InChI is InChI=1S/C12H13NO6/c1-19-7-2-3-9(8(6-7)12(17)18)13-10(14)4-5-11(15)16/h2-3,6H,4-5H2,1H3,(H,13,14)(H,15,16)(H,17,18). The Kier molecular flexibility index (Phi) is 4.87. The van der Waals surface area contributed by atoms with Crippen molar-refractivity contribution in [2.24, 2.45) is 0 Å². The van der Waals surface area contributed by atoms with E-state index in [1.807, 2.05) is 0 Å². The number of amides is 1. The summed E-state index contributed by atoms with van der Waals surface area (Å²) in [6.45, 7) is 0. The molecule has 0 spiro atoms. The van der Waals surface area contributed by atoms with Gasteiger partial charge in [0.2, 0.25) is 5.91 Å². The van der Waals surface area contributed by atoms with Gasteiger partial charge in [0.15, 0.2) is 0 Å². The van der Waals surface area contributed by atoms with E-state index < -0.39 is 17.8 Å². The first-order chi connectivity index (χ1) is 8.93. The zero-order valence-electron chi connectivity index (χ0n) is 10.2. The van der Waals surface area contributed by atoms with Gasteiger partial charge in [0.1, 0.15) is 5.75 Å². The lowest BCUT2D eigenvalue weighted by Gasteiger charge is -2.09. The van der Waals surface area contributed by atoms with Crippen LogP contribution in [0.15, 0.2) is 18.2 Å². The minimum atomic E-state index is -1.22. The second-order valence-corrected chi connectivity index (χ2v) is 3.66. The number of anilines is 1. The molecule has 0 aliphatic heterocycles. The van der Waals surface area contributed by atoms with Crippen molar-refractivity contribution in [3.8, 4) is 5.75 Å². The molecule has 0 heterocycles. The summed E-state index contributed by atoms with van der Waals surface area (Å²) >= 11 is 0. The van der Waals surface area contributed by atoms with Crippen molar-refractivity contribution < 1.29 is 29.3 Å². The Labute approximate surface area is 108 Å². The Bertz CT molecular complexity index is 511. The van der Waals surface area contributed by atoms with Crippen LogP contribution in [0.3, 0.4) is 0 Å². The number of carboxylic acids is 2. The van der Waals surface area contributed by atoms with E-state index in [0.717, 1.165) is 0 Å². The average molecular weight is 267 g/mol. The predicted octanol–water partition coefficient (Wildman–Crippen LogP) is 1.20. The minimum Gasteiger partial charge on any atom is -0.497 e. The molecule has 0 fully saturated rings. The highest BCUT2D eigenvalue weighted by Gasteiger charge is 2.14. The topological polar surface area (TPSA) is 113 Å². The first kappa shape index (κ1) is 14.5. The number of benzene rings is 1. The lowest BCUT2D eigenvalue weighted by molar-refractivity contribution is -0.138. The van der Waals surface area contributed by atoms with Crippen LogP contribution in [0.4, 0.5) is 5.69 Å². The molecule has 0 bridgehead atoms. The zero-order chi connectivity index (χ0) is 14.4. The normalized spacial score (nSPS) is 9.74. The average Bonchev–Trinajstić information content (AvgIpc) is 2.36. The van der Waals surface area contributed by atoms with Crippen molar-refractivity contribution >= 4 is 23.5 Å². The number of carbonyl (C=O) groups excluding carboxylic acids is 1. The van der Waals surface area contributed by atoms with E-state index in [2.05, 4.69) is 5.32 Å². The summed E-state index contributed by atoms with van der Waals surface area (Å²) in [6.07, 6.45) is -0.537. The van der Waals surface area contributed by atoms with Crippen molar-refractivity contribution in [1.29, 1.82) is 0 Å². The van der Waals surface area contributed by atoms with Gasteiger partial charge in [-0.1, -0.05) is 0 Å². The summed E-state index contributed by atoms with van der Waals surface area (Å²) in [6, 6.07) is 4.16. The summed E-state index contributed by atoms with van der Waals surface area (Å²) in [7, 11) is 1.39. The number of carboxylic acid groups (broad SMARTS) is 2. The van der Waals surface area contributed by atoms with Gasteiger partial charge >= 0.3 is 11.9 Å². The van der Waals surface area contributed by atoms with Gasteiger partial charge < -0.3 is 20.3 Å². The van der Waals surface area contributed by atoms with Gasteiger partial charge in [-0.05, 0) is 18.2 Å². The zero-order valence-corrected chi connectivity index (χ0v) is 10.2. The molecule has 0 saturated heterocycles. The van der Waals surface area contributed by atoms with Crippen molar-refractivity contribution in [1.82, 2.24) is 0 Å².